The van der Waals surface area contributed by atoms with Gasteiger partial charge >= 0.3 is 18.9 Å². The minimum absolute atomic E-state index is 0. The van der Waals surface area contributed by atoms with Gasteiger partial charge in [0.1, 0.15) is 0 Å². The van der Waals surface area contributed by atoms with Gasteiger partial charge < -0.3 is 4.74 Å². The summed E-state index contributed by atoms with van der Waals surface area (Å²) in [6.07, 6.45) is 0. The van der Waals surface area contributed by atoms with Crippen molar-refractivity contribution in [2.24, 2.45) is 0 Å². The maximum absolute atomic E-state index is 9.77. The normalized spacial score (nSPS) is 8.10. The predicted molar refractivity (Wildman–Crippen MR) is 42.9 cm³/mol. The van der Waals surface area contributed by atoms with Gasteiger partial charge in [-0.05, 0) is 19.1 Å². The summed E-state index contributed by atoms with van der Waals surface area (Å²) in [5.74, 6) is 0. The molecule has 0 aromatic carbocycles. The molecule has 1 rings (SSSR count). The number of hydrogen-bond acceptors (Lipinski definition) is 3. The third-order valence-corrected chi connectivity index (χ3v) is 1.77. The molecule has 50 valence electrons. The molecular weight excluding hydrogens is 143 g/mol. The summed E-state index contributed by atoms with van der Waals surface area (Å²) in [5, 5.41) is 0.655. The molecule has 0 amide bonds. The molecule has 10 heavy (non-hydrogen) atoms. The molecule has 0 unspecified atom stereocenters. The van der Waals surface area contributed by atoms with Crippen LogP contribution in [0, 0.1) is 6.92 Å². The van der Waals surface area contributed by atoms with Gasteiger partial charge in [0.15, 0.2) is 5.06 Å². The first kappa shape index (κ1) is 9.77. The van der Waals surface area contributed by atoms with E-state index in [4.69, 9.17) is 0 Å². The molecule has 1 heterocycles. The first-order valence-electron chi connectivity index (χ1n) is 2.49. The van der Waals surface area contributed by atoms with E-state index in [0.29, 0.717) is 11.5 Å². The number of carbonyl (C=O) groups excluding carboxylic acids is 1. The van der Waals surface area contributed by atoms with E-state index in [1.165, 1.54) is 11.3 Å². The second-order valence-corrected chi connectivity index (χ2v) is 2.83. The Morgan fingerprint density at radius 3 is 2.70 bits per heavy atom. The SMILES string of the molecule is Cc1ccc(OC=O)s1.[LiH]. The Bertz CT molecular complexity index is 209. The van der Waals surface area contributed by atoms with Crippen molar-refractivity contribution in [1.29, 1.82) is 0 Å². The number of thiophene rings is 1. The van der Waals surface area contributed by atoms with E-state index in [-0.39, 0.29) is 18.9 Å². The summed E-state index contributed by atoms with van der Waals surface area (Å²) in [5.41, 5.74) is 0. The number of aryl methyl sites for hydroxylation is 1. The van der Waals surface area contributed by atoms with Crippen LogP contribution in [0.4, 0.5) is 0 Å². The Hall–Kier alpha value is -0.233. The molecule has 0 aliphatic rings. The van der Waals surface area contributed by atoms with Crippen molar-refractivity contribution in [3.8, 4) is 5.06 Å². The quantitative estimate of drug-likeness (QED) is 0.463. The zero-order chi connectivity index (χ0) is 6.69. The molecule has 0 bridgehead atoms. The predicted octanol–water partition coefficient (Wildman–Crippen LogP) is 0.943. The van der Waals surface area contributed by atoms with Crippen LogP contribution in [0.2, 0.25) is 0 Å². The Morgan fingerprint density at radius 1 is 1.60 bits per heavy atom. The van der Waals surface area contributed by atoms with Gasteiger partial charge in [-0.3, -0.25) is 4.79 Å². The fourth-order valence-corrected chi connectivity index (χ4v) is 1.20. The van der Waals surface area contributed by atoms with Gasteiger partial charge in [0.05, 0.1) is 0 Å². The van der Waals surface area contributed by atoms with Crippen LogP contribution in [0.15, 0.2) is 12.1 Å². The van der Waals surface area contributed by atoms with E-state index in [9.17, 15) is 4.79 Å². The summed E-state index contributed by atoms with van der Waals surface area (Å²) >= 11 is 1.46. The summed E-state index contributed by atoms with van der Waals surface area (Å²) in [6, 6.07) is 3.68. The van der Waals surface area contributed by atoms with Crippen molar-refractivity contribution in [3.05, 3.63) is 17.0 Å². The molecule has 2 nitrogen and oxygen atoms in total. The molecule has 4 heteroatoms. The maximum atomic E-state index is 9.77. The van der Waals surface area contributed by atoms with Gasteiger partial charge in [-0.2, -0.15) is 0 Å². The van der Waals surface area contributed by atoms with Crippen LogP contribution in [0.3, 0.4) is 0 Å². The van der Waals surface area contributed by atoms with Crippen LogP contribution in [0.5, 0.6) is 5.06 Å². The summed E-state index contributed by atoms with van der Waals surface area (Å²) in [4.78, 5) is 10.9. The molecule has 0 N–H and O–H groups in total. The van der Waals surface area contributed by atoms with Crippen LogP contribution in [0.25, 0.3) is 0 Å². The number of rotatable bonds is 2. The van der Waals surface area contributed by atoms with E-state index in [2.05, 4.69) is 4.74 Å². The van der Waals surface area contributed by atoms with Crippen molar-refractivity contribution >= 4 is 36.7 Å². The van der Waals surface area contributed by atoms with Crippen molar-refractivity contribution in [3.63, 3.8) is 0 Å². The minimum atomic E-state index is 0. The molecule has 0 radical (unpaired) electrons. The standard InChI is InChI=1S/C6H6O2S.Li.H/c1-5-2-3-6(9-5)8-4-7;;/h2-4H,1H3;;. The number of hydrogen-bond donors (Lipinski definition) is 0. The van der Waals surface area contributed by atoms with E-state index in [1.807, 2.05) is 13.0 Å². The molecule has 0 atom stereocenters. The second kappa shape index (κ2) is 4.56. The molecule has 1 aromatic heterocycles. The van der Waals surface area contributed by atoms with Crippen LogP contribution in [0.1, 0.15) is 4.88 Å². The van der Waals surface area contributed by atoms with E-state index < -0.39 is 0 Å². The van der Waals surface area contributed by atoms with Gasteiger partial charge in [0, 0.05) is 4.88 Å². The average molecular weight is 150 g/mol. The van der Waals surface area contributed by atoms with Crippen molar-refractivity contribution < 1.29 is 9.53 Å². The van der Waals surface area contributed by atoms with Gasteiger partial charge in [0.25, 0.3) is 6.47 Å². The first-order chi connectivity index (χ1) is 4.33. The molecule has 1 aromatic rings. The van der Waals surface area contributed by atoms with Gasteiger partial charge in [-0.15, -0.1) is 11.3 Å². The Morgan fingerprint density at radius 2 is 2.30 bits per heavy atom. The molecule has 0 saturated carbocycles. The Labute approximate surface area is 75.4 Å². The summed E-state index contributed by atoms with van der Waals surface area (Å²) < 4.78 is 4.56. The van der Waals surface area contributed by atoms with E-state index in [1.54, 1.807) is 6.07 Å². The van der Waals surface area contributed by atoms with Crippen LogP contribution in [-0.2, 0) is 4.79 Å². The molecule has 0 spiro atoms. The Kier molecular flexibility index (Phi) is 4.46. The molecule has 0 fully saturated rings. The van der Waals surface area contributed by atoms with E-state index >= 15 is 0 Å². The van der Waals surface area contributed by atoms with Gasteiger partial charge in [0.2, 0.25) is 0 Å². The third kappa shape index (κ3) is 2.57. The van der Waals surface area contributed by atoms with E-state index in [0.717, 1.165) is 4.88 Å². The third-order valence-electron chi connectivity index (χ3n) is 0.880. The molecule has 0 aliphatic heterocycles. The first-order valence-corrected chi connectivity index (χ1v) is 3.31. The number of carbonyl (C=O) groups is 1. The fourth-order valence-electron chi connectivity index (χ4n) is 0.523. The zero-order valence-electron chi connectivity index (χ0n) is 4.96. The van der Waals surface area contributed by atoms with Gasteiger partial charge in [-0.25, -0.2) is 0 Å². The molecule has 0 saturated heterocycles. The topological polar surface area (TPSA) is 26.3 Å². The Balaban J connectivity index is 0.000000810. The molecular formula is C6H7LiO2S. The van der Waals surface area contributed by atoms with Crippen LogP contribution >= 0.6 is 11.3 Å². The monoisotopic (exact) mass is 150 g/mol. The summed E-state index contributed by atoms with van der Waals surface area (Å²) in [6.45, 7) is 2.40. The van der Waals surface area contributed by atoms with Crippen molar-refractivity contribution in [1.82, 2.24) is 0 Å². The summed E-state index contributed by atoms with van der Waals surface area (Å²) in [7, 11) is 0. The van der Waals surface area contributed by atoms with Crippen molar-refractivity contribution in [2.45, 2.75) is 6.92 Å². The van der Waals surface area contributed by atoms with Gasteiger partial charge in [-0.1, -0.05) is 0 Å². The zero-order valence-corrected chi connectivity index (χ0v) is 5.77. The second-order valence-electron chi connectivity index (χ2n) is 1.58. The van der Waals surface area contributed by atoms with Crippen LogP contribution in [-0.4, -0.2) is 25.3 Å². The fraction of sp³-hybridized carbons (Fsp3) is 0.167. The number of ether oxygens (including phenoxy) is 1. The van der Waals surface area contributed by atoms with Crippen LogP contribution < -0.4 is 4.74 Å². The average Bonchev–Trinajstić information content (AvgIpc) is 2.17. The molecule has 0 aliphatic carbocycles. The van der Waals surface area contributed by atoms with Crippen molar-refractivity contribution in [2.75, 3.05) is 0 Å².